The van der Waals surface area contributed by atoms with Crippen LogP contribution in [0.1, 0.15) is 12.5 Å². The lowest BCUT2D eigenvalue weighted by molar-refractivity contribution is -0.0436. The molecule has 1 aromatic rings. The minimum absolute atomic E-state index is 0.248. The maximum atomic E-state index is 6.04. The Labute approximate surface area is 120 Å². The molecule has 0 aliphatic carbocycles. The normalized spacial score (nSPS) is 22.4. The van der Waals surface area contributed by atoms with Gasteiger partial charge in [0.05, 0.1) is 12.7 Å². The van der Waals surface area contributed by atoms with Crippen molar-refractivity contribution in [2.75, 3.05) is 33.3 Å². The van der Waals surface area contributed by atoms with Gasteiger partial charge in [0, 0.05) is 24.2 Å². The first-order valence-electron chi connectivity index (χ1n) is 6.98. The van der Waals surface area contributed by atoms with E-state index in [1.807, 2.05) is 25.2 Å². The van der Waals surface area contributed by atoms with E-state index in [-0.39, 0.29) is 6.10 Å². The van der Waals surface area contributed by atoms with Gasteiger partial charge in [-0.15, -0.1) is 0 Å². The number of hydrogen-bond acceptors (Lipinski definition) is 3. The van der Waals surface area contributed by atoms with Crippen molar-refractivity contribution in [2.24, 2.45) is 0 Å². The topological polar surface area (TPSA) is 24.5 Å². The van der Waals surface area contributed by atoms with E-state index in [1.54, 1.807) is 0 Å². The summed E-state index contributed by atoms with van der Waals surface area (Å²) in [5, 5.41) is 4.19. The Balaban J connectivity index is 1.99. The maximum absolute atomic E-state index is 6.04. The van der Waals surface area contributed by atoms with Crippen molar-refractivity contribution in [3.05, 3.63) is 34.9 Å². The van der Waals surface area contributed by atoms with Gasteiger partial charge in [-0.3, -0.25) is 4.90 Å². The lowest BCUT2D eigenvalue weighted by atomic mass is 10.00. The number of halogens is 1. The quantitative estimate of drug-likeness (QED) is 0.896. The van der Waals surface area contributed by atoms with Gasteiger partial charge >= 0.3 is 0 Å². The van der Waals surface area contributed by atoms with Gasteiger partial charge in [-0.25, -0.2) is 0 Å². The van der Waals surface area contributed by atoms with Crippen molar-refractivity contribution in [3.63, 3.8) is 0 Å². The third-order valence-electron chi connectivity index (χ3n) is 3.79. The van der Waals surface area contributed by atoms with E-state index in [1.165, 1.54) is 5.56 Å². The van der Waals surface area contributed by atoms with Crippen molar-refractivity contribution in [2.45, 2.75) is 25.5 Å². The van der Waals surface area contributed by atoms with Gasteiger partial charge < -0.3 is 10.1 Å². The number of nitrogens with one attached hydrogen (secondary N) is 1. The molecule has 0 amide bonds. The van der Waals surface area contributed by atoms with Crippen molar-refractivity contribution in [1.29, 1.82) is 0 Å². The number of ether oxygens (including phenoxy) is 1. The van der Waals surface area contributed by atoms with Crippen LogP contribution in [0.3, 0.4) is 0 Å². The average Bonchev–Trinajstić information content (AvgIpc) is 2.45. The predicted molar refractivity (Wildman–Crippen MR) is 79.9 cm³/mol. The highest BCUT2D eigenvalue weighted by molar-refractivity contribution is 6.30. The predicted octanol–water partition coefficient (Wildman–Crippen LogP) is 2.19. The van der Waals surface area contributed by atoms with Gasteiger partial charge in [-0.2, -0.15) is 0 Å². The fraction of sp³-hybridized carbons (Fsp3) is 0.600. The highest BCUT2D eigenvalue weighted by Crippen LogP contribution is 2.16. The Bertz CT molecular complexity index is 399. The molecule has 0 radical (unpaired) electrons. The van der Waals surface area contributed by atoms with Crippen molar-refractivity contribution >= 4 is 11.6 Å². The monoisotopic (exact) mass is 282 g/mol. The molecule has 1 aliphatic rings. The van der Waals surface area contributed by atoms with Crippen molar-refractivity contribution < 1.29 is 4.74 Å². The van der Waals surface area contributed by atoms with Crippen LogP contribution in [0.2, 0.25) is 5.02 Å². The molecule has 106 valence electrons. The SMILES string of the molecule is CCN1CCOC(C(Cc2cccc(Cl)c2)NC)C1. The standard InChI is InChI=1S/C15H23ClN2O/c1-3-18-7-8-19-15(11-18)14(17-2)10-12-5-4-6-13(16)9-12/h4-6,9,14-15,17H,3,7-8,10-11H2,1-2H3. The van der Waals surface area contributed by atoms with Crippen LogP contribution in [-0.4, -0.2) is 50.3 Å². The van der Waals surface area contributed by atoms with Crippen LogP contribution in [0.4, 0.5) is 0 Å². The summed E-state index contributed by atoms with van der Waals surface area (Å²) in [6.07, 6.45) is 1.19. The van der Waals surface area contributed by atoms with Gasteiger partial charge in [0.15, 0.2) is 0 Å². The lowest BCUT2D eigenvalue weighted by Gasteiger charge is -2.36. The van der Waals surface area contributed by atoms with E-state index in [0.29, 0.717) is 6.04 Å². The smallest absolute Gasteiger partial charge is 0.0858 e. The molecule has 2 atom stereocenters. The molecule has 0 aromatic heterocycles. The van der Waals surface area contributed by atoms with E-state index in [4.69, 9.17) is 16.3 Å². The molecule has 0 saturated carbocycles. The molecule has 0 bridgehead atoms. The Morgan fingerprint density at radius 1 is 1.53 bits per heavy atom. The summed E-state index contributed by atoms with van der Waals surface area (Å²) in [5.74, 6) is 0. The van der Waals surface area contributed by atoms with Gasteiger partial charge in [0.1, 0.15) is 0 Å². The van der Waals surface area contributed by atoms with Crippen molar-refractivity contribution in [1.82, 2.24) is 10.2 Å². The van der Waals surface area contributed by atoms with E-state index in [9.17, 15) is 0 Å². The first kappa shape index (κ1) is 14.8. The second kappa shape index (κ2) is 7.25. The third kappa shape index (κ3) is 4.18. The Hall–Kier alpha value is -0.610. The summed E-state index contributed by atoms with van der Waals surface area (Å²) < 4.78 is 5.93. The Kier molecular flexibility index (Phi) is 5.64. The molecule has 4 heteroatoms. The summed E-state index contributed by atoms with van der Waals surface area (Å²) in [6.45, 7) is 6.16. The largest absolute Gasteiger partial charge is 0.374 e. The molecule has 2 rings (SSSR count). The number of likely N-dealkylation sites (N-methyl/N-ethyl adjacent to an activating group) is 2. The number of hydrogen-bond donors (Lipinski definition) is 1. The molecule has 2 unspecified atom stereocenters. The maximum Gasteiger partial charge on any atom is 0.0858 e. The van der Waals surface area contributed by atoms with E-state index < -0.39 is 0 Å². The highest BCUT2D eigenvalue weighted by Gasteiger charge is 2.26. The molecular weight excluding hydrogens is 260 g/mol. The Morgan fingerprint density at radius 3 is 3.05 bits per heavy atom. The Morgan fingerprint density at radius 2 is 2.37 bits per heavy atom. The van der Waals surface area contributed by atoms with Gasteiger partial charge in [-0.05, 0) is 37.7 Å². The zero-order chi connectivity index (χ0) is 13.7. The van der Waals surface area contributed by atoms with E-state index in [0.717, 1.165) is 37.7 Å². The molecule has 1 fully saturated rings. The number of rotatable bonds is 5. The fourth-order valence-corrected chi connectivity index (χ4v) is 2.81. The fourth-order valence-electron chi connectivity index (χ4n) is 2.60. The molecule has 1 saturated heterocycles. The van der Waals surface area contributed by atoms with Crippen LogP contribution in [0.15, 0.2) is 24.3 Å². The molecule has 0 spiro atoms. The number of benzene rings is 1. The van der Waals surface area contributed by atoms with Gasteiger partial charge in [-0.1, -0.05) is 30.7 Å². The second-order valence-electron chi connectivity index (χ2n) is 5.03. The molecular formula is C15H23ClN2O. The minimum atomic E-state index is 0.248. The summed E-state index contributed by atoms with van der Waals surface area (Å²) >= 11 is 6.04. The number of nitrogens with zero attached hydrogens (tertiary/aromatic N) is 1. The second-order valence-corrected chi connectivity index (χ2v) is 5.47. The molecule has 1 heterocycles. The minimum Gasteiger partial charge on any atom is -0.374 e. The van der Waals surface area contributed by atoms with Crippen LogP contribution >= 0.6 is 11.6 Å². The zero-order valence-corrected chi connectivity index (χ0v) is 12.5. The summed E-state index contributed by atoms with van der Waals surface area (Å²) in [4.78, 5) is 2.44. The summed E-state index contributed by atoms with van der Waals surface area (Å²) in [7, 11) is 2.00. The van der Waals surface area contributed by atoms with Crippen LogP contribution in [0.25, 0.3) is 0 Å². The number of morpholine rings is 1. The summed E-state index contributed by atoms with van der Waals surface area (Å²) in [6, 6.07) is 8.40. The van der Waals surface area contributed by atoms with Gasteiger partial charge in [0.2, 0.25) is 0 Å². The molecule has 3 nitrogen and oxygen atoms in total. The van der Waals surface area contributed by atoms with Crippen LogP contribution in [0.5, 0.6) is 0 Å². The first-order chi connectivity index (χ1) is 9.22. The lowest BCUT2D eigenvalue weighted by Crippen LogP contribution is -2.52. The van der Waals surface area contributed by atoms with Crippen molar-refractivity contribution in [3.8, 4) is 0 Å². The molecule has 1 aliphatic heterocycles. The van der Waals surface area contributed by atoms with Gasteiger partial charge in [0.25, 0.3) is 0 Å². The highest BCUT2D eigenvalue weighted by atomic mass is 35.5. The first-order valence-corrected chi connectivity index (χ1v) is 7.36. The van der Waals surface area contributed by atoms with Crippen LogP contribution in [-0.2, 0) is 11.2 Å². The van der Waals surface area contributed by atoms with E-state index in [2.05, 4.69) is 23.2 Å². The summed E-state index contributed by atoms with van der Waals surface area (Å²) in [5.41, 5.74) is 1.25. The zero-order valence-electron chi connectivity index (χ0n) is 11.7. The average molecular weight is 283 g/mol. The van der Waals surface area contributed by atoms with Crippen LogP contribution in [0, 0.1) is 0 Å². The molecule has 1 N–H and O–H groups in total. The third-order valence-corrected chi connectivity index (χ3v) is 4.02. The molecule has 19 heavy (non-hydrogen) atoms. The van der Waals surface area contributed by atoms with Crippen LogP contribution < -0.4 is 5.32 Å². The molecule has 1 aromatic carbocycles. The van der Waals surface area contributed by atoms with E-state index >= 15 is 0 Å².